The predicted octanol–water partition coefficient (Wildman–Crippen LogP) is 2.98. The first-order valence-electron chi connectivity index (χ1n) is 8.98. The highest BCUT2D eigenvalue weighted by molar-refractivity contribution is 5.37. The van der Waals surface area contributed by atoms with E-state index in [0.29, 0.717) is 12.0 Å². The van der Waals surface area contributed by atoms with Gasteiger partial charge in [0.25, 0.3) is 0 Å². The van der Waals surface area contributed by atoms with Crippen LogP contribution in [0.2, 0.25) is 0 Å². The zero-order valence-corrected chi connectivity index (χ0v) is 14.0. The lowest BCUT2D eigenvalue weighted by atomic mass is 9.89. The van der Waals surface area contributed by atoms with Gasteiger partial charge in [0, 0.05) is 38.1 Å². The van der Waals surface area contributed by atoms with Crippen LogP contribution in [0.3, 0.4) is 0 Å². The summed E-state index contributed by atoms with van der Waals surface area (Å²) in [5, 5.41) is 3.53. The smallest absolute Gasteiger partial charge is 0.122 e. The monoisotopic (exact) mass is 323 g/mol. The first-order chi connectivity index (χ1) is 11.9. The van der Waals surface area contributed by atoms with Crippen LogP contribution in [0.5, 0.6) is 5.75 Å². The van der Waals surface area contributed by atoms with Crippen LogP contribution in [-0.2, 0) is 0 Å². The van der Waals surface area contributed by atoms with E-state index in [1.54, 1.807) is 0 Å². The van der Waals surface area contributed by atoms with Gasteiger partial charge in [-0.25, -0.2) is 0 Å². The van der Waals surface area contributed by atoms with Crippen molar-refractivity contribution in [2.75, 3.05) is 32.8 Å². The summed E-state index contributed by atoms with van der Waals surface area (Å²) >= 11 is 0. The Hall–Kier alpha value is -1.91. The molecule has 2 atom stereocenters. The van der Waals surface area contributed by atoms with Gasteiger partial charge in [0.1, 0.15) is 5.75 Å². The molecule has 4 nitrogen and oxygen atoms in total. The highest BCUT2D eigenvalue weighted by atomic mass is 16.5. The van der Waals surface area contributed by atoms with Gasteiger partial charge in [-0.15, -0.1) is 0 Å². The number of para-hydroxylation sites is 1. The van der Waals surface area contributed by atoms with Crippen molar-refractivity contribution in [3.05, 3.63) is 59.9 Å². The minimum absolute atomic E-state index is 0.455. The molecule has 1 aromatic carbocycles. The molecule has 4 rings (SSSR count). The first-order valence-corrected chi connectivity index (χ1v) is 8.98. The van der Waals surface area contributed by atoms with Crippen LogP contribution in [0.4, 0.5) is 0 Å². The van der Waals surface area contributed by atoms with Crippen molar-refractivity contribution in [3.8, 4) is 5.75 Å². The summed E-state index contributed by atoms with van der Waals surface area (Å²) in [6.45, 7) is 5.18. The van der Waals surface area contributed by atoms with Gasteiger partial charge >= 0.3 is 0 Å². The van der Waals surface area contributed by atoms with E-state index in [2.05, 4.69) is 51.6 Å². The number of nitrogens with zero attached hydrogens (tertiary/aromatic N) is 2. The number of piperazine rings is 1. The average molecular weight is 323 g/mol. The number of pyridine rings is 1. The van der Waals surface area contributed by atoms with Crippen LogP contribution in [0, 0.1) is 0 Å². The van der Waals surface area contributed by atoms with Gasteiger partial charge in [-0.05, 0) is 54.6 Å². The van der Waals surface area contributed by atoms with Crippen LogP contribution >= 0.6 is 0 Å². The fourth-order valence-corrected chi connectivity index (χ4v) is 3.97. The second kappa shape index (κ2) is 7.32. The zero-order valence-electron chi connectivity index (χ0n) is 14.0. The van der Waals surface area contributed by atoms with Gasteiger partial charge in [0.15, 0.2) is 0 Å². The lowest BCUT2D eigenvalue weighted by Gasteiger charge is -2.37. The number of rotatable bonds is 4. The third-order valence-corrected chi connectivity index (χ3v) is 5.29. The Kier molecular flexibility index (Phi) is 4.76. The number of fused-ring (bicyclic) bond motifs is 1. The molecule has 126 valence electrons. The molecule has 1 aromatic heterocycles. The van der Waals surface area contributed by atoms with Gasteiger partial charge in [-0.3, -0.25) is 9.88 Å². The molecule has 24 heavy (non-hydrogen) atoms. The number of hydrogen-bond donors (Lipinski definition) is 1. The molecule has 1 N–H and O–H groups in total. The lowest BCUT2D eigenvalue weighted by molar-refractivity contribution is 0.151. The topological polar surface area (TPSA) is 37.4 Å². The Bertz CT molecular complexity index is 661. The molecule has 1 fully saturated rings. The fraction of sp³-hybridized carbons (Fsp3) is 0.450. The van der Waals surface area contributed by atoms with E-state index in [4.69, 9.17) is 4.74 Å². The Morgan fingerprint density at radius 3 is 2.96 bits per heavy atom. The van der Waals surface area contributed by atoms with Crippen molar-refractivity contribution >= 4 is 0 Å². The molecule has 1 saturated heterocycles. The summed E-state index contributed by atoms with van der Waals surface area (Å²) in [4.78, 5) is 6.79. The maximum absolute atomic E-state index is 5.81. The van der Waals surface area contributed by atoms with Gasteiger partial charge < -0.3 is 10.1 Å². The molecule has 0 bridgehead atoms. The number of nitrogens with one attached hydrogen (secondary N) is 1. The second-order valence-corrected chi connectivity index (χ2v) is 6.70. The van der Waals surface area contributed by atoms with Crippen molar-refractivity contribution < 1.29 is 4.74 Å². The molecular weight excluding hydrogens is 298 g/mol. The van der Waals surface area contributed by atoms with E-state index >= 15 is 0 Å². The molecular formula is C20H25N3O. The maximum atomic E-state index is 5.81. The van der Waals surface area contributed by atoms with Crippen LogP contribution in [0.15, 0.2) is 48.8 Å². The molecule has 2 aliphatic heterocycles. The summed E-state index contributed by atoms with van der Waals surface area (Å²) in [5.41, 5.74) is 2.75. The number of ether oxygens (including phenoxy) is 1. The summed E-state index contributed by atoms with van der Waals surface area (Å²) in [5.74, 6) is 1.70. The molecule has 3 heterocycles. The van der Waals surface area contributed by atoms with Crippen LogP contribution in [-0.4, -0.2) is 42.7 Å². The van der Waals surface area contributed by atoms with E-state index in [9.17, 15) is 0 Å². The van der Waals surface area contributed by atoms with Gasteiger partial charge in [0.05, 0.1) is 6.61 Å². The van der Waals surface area contributed by atoms with E-state index in [0.717, 1.165) is 45.0 Å². The van der Waals surface area contributed by atoms with Crippen molar-refractivity contribution in [3.63, 3.8) is 0 Å². The lowest BCUT2D eigenvalue weighted by Crippen LogP contribution is -2.46. The Labute approximate surface area is 143 Å². The second-order valence-electron chi connectivity index (χ2n) is 6.70. The van der Waals surface area contributed by atoms with Crippen LogP contribution < -0.4 is 10.1 Å². The maximum Gasteiger partial charge on any atom is 0.122 e. The van der Waals surface area contributed by atoms with E-state index in [-0.39, 0.29) is 0 Å². The molecule has 2 aliphatic rings. The Morgan fingerprint density at radius 1 is 1.17 bits per heavy atom. The first kappa shape index (κ1) is 15.6. The number of benzene rings is 1. The normalized spacial score (nSPS) is 24.2. The Balaban J connectivity index is 1.45. The minimum atomic E-state index is 0.455. The summed E-state index contributed by atoms with van der Waals surface area (Å²) in [6.07, 6.45) is 6.12. The zero-order chi connectivity index (χ0) is 16.2. The van der Waals surface area contributed by atoms with E-state index < -0.39 is 0 Å². The molecule has 0 aliphatic carbocycles. The van der Waals surface area contributed by atoms with Crippen molar-refractivity contribution in [2.24, 2.45) is 0 Å². The fourth-order valence-electron chi connectivity index (χ4n) is 3.97. The SMILES string of the molecule is c1ccc2c(c1)OCCC2CCN1CCNCC1c1ccncc1. The van der Waals surface area contributed by atoms with Gasteiger partial charge in [0.2, 0.25) is 0 Å². The predicted molar refractivity (Wildman–Crippen MR) is 95.3 cm³/mol. The summed E-state index contributed by atoms with van der Waals surface area (Å²) in [6, 6.07) is 13.3. The quantitative estimate of drug-likeness (QED) is 0.939. The minimum Gasteiger partial charge on any atom is -0.493 e. The summed E-state index contributed by atoms with van der Waals surface area (Å²) < 4.78 is 5.81. The Morgan fingerprint density at radius 2 is 2.04 bits per heavy atom. The summed E-state index contributed by atoms with van der Waals surface area (Å²) in [7, 11) is 0. The van der Waals surface area contributed by atoms with Gasteiger partial charge in [-0.2, -0.15) is 0 Å². The third-order valence-electron chi connectivity index (χ3n) is 5.29. The van der Waals surface area contributed by atoms with Crippen molar-refractivity contribution in [1.82, 2.24) is 15.2 Å². The number of aromatic nitrogens is 1. The molecule has 0 spiro atoms. The van der Waals surface area contributed by atoms with Crippen molar-refractivity contribution in [1.29, 1.82) is 0 Å². The number of hydrogen-bond acceptors (Lipinski definition) is 4. The van der Waals surface area contributed by atoms with Crippen molar-refractivity contribution in [2.45, 2.75) is 24.8 Å². The molecule has 4 heteroatoms. The van der Waals surface area contributed by atoms with E-state index in [1.165, 1.54) is 17.5 Å². The van der Waals surface area contributed by atoms with Crippen LogP contribution in [0.25, 0.3) is 0 Å². The highest BCUT2D eigenvalue weighted by Crippen LogP contribution is 2.36. The van der Waals surface area contributed by atoms with E-state index in [1.807, 2.05) is 12.4 Å². The van der Waals surface area contributed by atoms with Crippen LogP contribution in [0.1, 0.15) is 35.9 Å². The van der Waals surface area contributed by atoms with Gasteiger partial charge in [-0.1, -0.05) is 18.2 Å². The highest BCUT2D eigenvalue weighted by Gasteiger charge is 2.26. The molecule has 0 radical (unpaired) electrons. The standard InChI is InChI=1S/C20H25N3O/c1-2-4-20-18(3-1)16(8-14-24-20)7-12-23-13-11-22-15-19(23)17-5-9-21-10-6-17/h1-6,9-10,16,19,22H,7-8,11-15H2. The molecule has 0 saturated carbocycles. The average Bonchev–Trinajstić information content (AvgIpc) is 2.67. The molecule has 2 unspecified atom stereocenters. The molecule has 0 amide bonds. The largest absolute Gasteiger partial charge is 0.493 e. The molecule has 2 aromatic rings. The third kappa shape index (κ3) is 3.30.